The number of carboxylic acids is 1. The van der Waals surface area contributed by atoms with Gasteiger partial charge in [0.2, 0.25) is 0 Å². The molecule has 0 amide bonds. The first-order chi connectivity index (χ1) is 5.24. The van der Waals surface area contributed by atoms with E-state index in [9.17, 15) is 7.81 Å². The Kier molecular flexibility index (Phi) is 7.61. The van der Waals surface area contributed by atoms with Gasteiger partial charge in [0.1, 0.15) is 0 Å². The van der Waals surface area contributed by atoms with Gasteiger partial charge in [0.15, 0.2) is 0 Å². The maximum atomic E-state index is 10.4. The number of carbonyl (C=O) groups is 1. The molecular weight excluding hydrogens is 286 g/mol. The summed E-state index contributed by atoms with van der Waals surface area (Å²) in [5.74, 6) is -0.953. The fourth-order valence-electron chi connectivity index (χ4n) is 0.665. The van der Waals surface area contributed by atoms with E-state index in [1.54, 1.807) is 12.1 Å². The van der Waals surface area contributed by atoms with Crippen molar-refractivity contribution in [2.75, 3.05) is 0 Å². The van der Waals surface area contributed by atoms with Crippen LogP contribution >= 0.6 is 0 Å². The number of carboxylic acid groups (broad SMARTS) is 1. The van der Waals surface area contributed by atoms with Crippen LogP contribution < -0.4 is 3.51 Å². The molecule has 1 rings (SSSR count). The minimum absolute atomic E-state index is 0. The molecule has 0 heterocycles. The van der Waals surface area contributed by atoms with Crippen molar-refractivity contribution in [3.8, 4) is 0 Å². The summed E-state index contributed by atoms with van der Waals surface area (Å²) in [5.41, 5.74) is 0.234. The van der Waals surface area contributed by atoms with Crippen molar-refractivity contribution in [1.82, 2.24) is 0 Å². The molecule has 0 bridgehead atoms. The van der Waals surface area contributed by atoms with E-state index in [-0.39, 0.29) is 16.5 Å². The summed E-state index contributed by atoms with van der Waals surface area (Å²) in [6, 6.07) is 6.11. The van der Waals surface area contributed by atoms with Gasteiger partial charge in [0, 0.05) is 0 Å². The van der Waals surface area contributed by atoms with E-state index in [0.29, 0.717) is 0 Å². The Morgan fingerprint density at radius 1 is 1.15 bits per heavy atom. The monoisotopic (exact) mass is 294 g/mol. The molecule has 72 valence electrons. The third-order valence-electron chi connectivity index (χ3n) is 1.22. The van der Waals surface area contributed by atoms with E-state index in [1.165, 1.54) is 12.1 Å². The van der Waals surface area contributed by atoms with E-state index in [0.717, 1.165) is 3.51 Å². The van der Waals surface area contributed by atoms with Crippen molar-refractivity contribution in [3.05, 3.63) is 29.8 Å². The molecule has 0 saturated heterocycles. The summed E-state index contributed by atoms with van der Waals surface area (Å²) in [4.78, 5) is 10.3. The molecule has 0 saturated carbocycles. The fourth-order valence-corrected chi connectivity index (χ4v) is 1.44. The van der Waals surface area contributed by atoms with Crippen LogP contribution in [0.15, 0.2) is 24.3 Å². The quantitative estimate of drug-likeness (QED) is 0.663. The van der Waals surface area contributed by atoms with E-state index in [2.05, 4.69) is 0 Å². The molecule has 0 aliphatic carbocycles. The Balaban J connectivity index is 0. The molecule has 0 unspecified atom stereocenters. The van der Waals surface area contributed by atoms with Crippen molar-refractivity contribution < 1.29 is 23.9 Å². The average molecular weight is 295 g/mol. The minimum atomic E-state index is -1.48. The Morgan fingerprint density at radius 3 is 1.92 bits per heavy atom. The van der Waals surface area contributed by atoms with Crippen LogP contribution in [0.4, 0.5) is 0 Å². The average Bonchev–Trinajstić information content (AvgIpc) is 2.05. The Bertz CT molecular complexity index is 281. The first kappa shape index (κ1) is 14.7. The molecular formula is C7H9O5Sb. The third kappa shape index (κ3) is 4.12. The van der Waals surface area contributed by atoms with Gasteiger partial charge in [0.05, 0.1) is 0 Å². The molecule has 0 fully saturated rings. The zero-order valence-electron chi connectivity index (χ0n) is 6.52. The van der Waals surface area contributed by atoms with Gasteiger partial charge in [-0.15, -0.1) is 0 Å². The van der Waals surface area contributed by atoms with Gasteiger partial charge in [-0.2, -0.15) is 0 Å². The Labute approximate surface area is 84.9 Å². The second kappa shape index (κ2) is 6.71. The van der Waals surface area contributed by atoms with Gasteiger partial charge in [-0.3, -0.25) is 0 Å². The standard InChI is InChI=1S/C7H5O2.2H2O.O.Sb/c8-7(9)6-4-2-1-3-5-6;;;;/h2-5H,(H,8,9);2*1H2;;. The molecule has 0 aromatic heterocycles. The van der Waals surface area contributed by atoms with Crippen molar-refractivity contribution in [3.63, 3.8) is 0 Å². The molecule has 0 aliphatic heterocycles. The summed E-state index contributed by atoms with van der Waals surface area (Å²) in [6.45, 7) is 0. The molecule has 5 N–H and O–H groups in total. The van der Waals surface area contributed by atoms with E-state index in [1.807, 2.05) is 0 Å². The molecule has 1 aromatic rings. The molecule has 6 heteroatoms. The van der Waals surface area contributed by atoms with Crippen molar-refractivity contribution in [2.24, 2.45) is 0 Å². The van der Waals surface area contributed by atoms with Crippen LogP contribution in [-0.2, 0) is 3.02 Å². The molecule has 0 spiro atoms. The normalized spacial score (nSPS) is 7.69. The van der Waals surface area contributed by atoms with Crippen LogP contribution in [0.25, 0.3) is 0 Å². The molecule has 0 atom stereocenters. The first-order valence-corrected chi connectivity index (χ1v) is 5.22. The molecule has 1 aromatic carbocycles. The van der Waals surface area contributed by atoms with Crippen LogP contribution in [0.3, 0.4) is 0 Å². The Hall–Kier alpha value is -0.772. The molecule has 0 aliphatic rings. The first-order valence-electron chi connectivity index (χ1n) is 2.91. The topological polar surface area (TPSA) is 117 Å². The van der Waals surface area contributed by atoms with Crippen LogP contribution in [0.1, 0.15) is 10.4 Å². The molecule has 5 nitrogen and oxygen atoms in total. The van der Waals surface area contributed by atoms with Crippen molar-refractivity contribution in [1.29, 1.82) is 0 Å². The number of hydrogen-bond donors (Lipinski definition) is 1. The van der Waals surface area contributed by atoms with Crippen LogP contribution in [0, 0.1) is 0 Å². The number of rotatable bonds is 2. The van der Waals surface area contributed by atoms with Crippen molar-refractivity contribution >= 4 is 31.1 Å². The van der Waals surface area contributed by atoms with Gasteiger partial charge in [-0.05, 0) is 0 Å². The van der Waals surface area contributed by atoms with E-state index in [4.69, 9.17) is 5.11 Å². The predicted molar refractivity (Wildman–Crippen MR) is 46.7 cm³/mol. The van der Waals surface area contributed by atoms with E-state index >= 15 is 0 Å². The zero-order valence-corrected chi connectivity index (χ0v) is 9.07. The summed E-state index contributed by atoms with van der Waals surface area (Å²) in [5, 5.41) is 8.48. The summed E-state index contributed by atoms with van der Waals surface area (Å²) in [6.07, 6.45) is 0. The van der Waals surface area contributed by atoms with Crippen LogP contribution in [0.2, 0.25) is 0 Å². The van der Waals surface area contributed by atoms with E-state index < -0.39 is 27.6 Å². The molecule has 0 radical (unpaired) electrons. The SMILES string of the molecule is O.O.[O]=[Sb][c]1ccc(C(=O)O)cc1. The predicted octanol–water partition coefficient (Wildman–Crippen LogP) is -1.59. The summed E-state index contributed by atoms with van der Waals surface area (Å²) < 4.78 is 11.2. The van der Waals surface area contributed by atoms with Crippen molar-refractivity contribution in [2.45, 2.75) is 0 Å². The summed E-state index contributed by atoms with van der Waals surface area (Å²) >= 11 is -1.48. The van der Waals surface area contributed by atoms with Gasteiger partial charge in [0.25, 0.3) is 0 Å². The maximum absolute atomic E-state index is 10.4. The van der Waals surface area contributed by atoms with Crippen LogP contribution in [0.5, 0.6) is 0 Å². The number of benzene rings is 1. The van der Waals surface area contributed by atoms with Gasteiger partial charge >= 0.3 is 73.8 Å². The van der Waals surface area contributed by atoms with Gasteiger partial charge < -0.3 is 11.0 Å². The van der Waals surface area contributed by atoms with Crippen LogP contribution in [-0.4, -0.2) is 43.6 Å². The second-order valence-corrected chi connectivity index (χ2v) is 3.94. The second-order valence-electron chi connectivity index (χ2n) is 1.94. The molecule has 13 heavy (non-hydrogen) atoms. The van der Waals surface area contributed by atoms with Gasteiger partial charge in [-0.25, -0.2) is 0 Å². The Morgan fingerprint density at radius 2 is 1.62 bits per heavy atom. The third-order valence-corrected chi connectivity index (χ3v) is 2.67. The number of aromatic carboxylic acids is 1. The zero-order chi connectivity index (χ0) is 8.27. The van der Waals surface area contributed by atoms with Gasteiger partial charge in [-0.1, -0.05) is 0 Å². The summed E-state index contributed by atoms with van der Waals surface area (Å²) in [7, 11) is 0. The number of hydrogen-bond acceptors (Lipinski definition) is 2. The fraction of sp³-hybridized carbons (Fsp3) is 0.